The largest absolute Gasteiger partial charge is 0.495 e. The monoisotopic (exact) mass is 239 g/mol. The van der Waals surface area contributed by atoms with Gasteiger partial charge in [-0.3, -0.25) is 4.90 Å². The summed E-state index contributed by atoms with van der Waals surface area (Å²) < 4.78 is 18.3. The molecule has 0 atom stereocenters. The van der Waals surface area contributed by atoms with Gasteiger partial charge < -0.3 is 15.4 Å². The highest BCUT2D eigenvalue weighted by atomic mass is 19.1. The molecule has 94 valence electrons. The molecule has 1 aliphatic rings. The number of hydrogen-bond donors (Lipinski definition) is 2. The SMILES string of the molecule is COc1ccc(F)cc1NCN1CCNCC1. The molecule has 1 aromatic carbocycles. The van der Waals surface area contributed by atoms with Crippen molar-refractivity contribution in [1.29, 1.82) is 0 Å². The van der Waals surface area contributed by atoms with Crippen LogP contribution in [-0.4, -0.2) is 44.9 Å². The molecule has 1 saturated heterocycles. The molecule has 2 N–H and O–H groups in total. The van der Waals surface area contributed by atoms with Gasteiger partial charge in [0.2, 0.25) is 0 Å². The number of nitrogens with one attached hydrogen (secondary N) is 2. The normalized spacial score (nSPS) is 16.8. The van der Waals surface area contributed by atoms with E-state index in [0.717, 1.165) is 26.2 Å². The molecule has 17 heavy (non-hydrogen) atoms. The van der Waals surface area contributed by atoms with Gasteiger partial charge in [-0.05, 0) is 12.1 Å². The van der Waals surface area contributed by atoms with E-state index in [9.17, 15) is 4.39 Å². The molecule has 0 aromatic heterocycles. The van der Waals surface area contributed by atoms with Crippen molar-refractivity contribution in [1.82, 2.24) is 10.2 Å². The van der Waals surface area contributed by atoms with Crippen LogP contribution in [0.1, 0.15) is 0 Å². The molecule has 0 radical (unpaired) electrons. The average molecular weight is 239 g/mol. The highest BCUT2D eigenvalue weighted by molar-refractivity contribution is 5.56. The van der Waals surface area contributed by atoms with Gasteiger partial charge in [-0.25, -0.2) is 4.39 Å². The molecule has 2 rings (SSSR count). The minimum absolute atomic E-state index is 0.256. The number of piperazine rings is 1. The van der Waals surface area contributed by atoms with Crippen molar-refractivity contribution in [3.8, 4) is 5.75 Å². The van der Waals surface area contributed by atoms with Gasteiger partial charge in [-0.1, -0.05) is 0 Å². The number of nitrogens with zero attached hydrogens (tertiary/aromatic N) is 1. The van der Waals surface area contributed by atoms with Gasteiger partial charge in [-0.2, -0.15) is 0 Å². The summed E-state index contributed by atoms with van der Waals surface area (Å²) >= 11 is 0. The Balaban J connectivity index is 1.95. The quantitative estimate of drug-likeness (QED) is 0.825. The summed E-state index contributed by atoms with van der Waals surface area (Å²) in [5.74, 6) is 0.412. The first-order valence-corrected chi connectivity index (χ1v) is 5.80. The van der Waals surface area contributed by atoms with Crippen LogP contribution in [0.3, 0.4) is 0 Å². The zero-order valence-electron chi connectivity index (χ0n) is 10.0. The van der Waals surface area contributed by atoms with E-state index in [1.54, 1.807) is 13.2 Å². The molecule has 5 heteroatoms. The summed E-state index contributed by atoms with van der Waals surface area (Å²) in [5, 5.41) is 6.50. The Morgan fingerprint density at radius 3 is 2.88 bits per heavy atom. The number of rotatable bonds is 4. The summed E-state index contributed by atoms with van der Waals surface area (Å²) in [4.78, 5) is 2.28. The topological polar surface area (TPSA) is 36.5 Å². The van der Waals surface area contributed by atoms with Crippen LogP contribution in [0.25, 0.3) is 0 Å². The minimum Gasteiger partial charge on any atom is -0.495 e. The second-order valence-corrected chi connectivity index (χ2v) is 4.05. The summed E-state index contributed by atoms with van der Waals surface area (Å²) in [6.07, 6.45) is 0. The van der Waals surface area contributed by atoms with Crippen molar-refractivity contribution in [2.75, 3.05) is 45.3 Å². The van der Waals surface area contributed by atoms with Crippen LogP contribution in [0.15, 0.2) is 18.2 Å². The van der Waals surface area contributed by atoms with Gasteiger partial charge in [0, 0.05) is 32.2 Å². The van der Waals surface area contributed by atoms with Crippen molar-refractivity contribution >= 4 is 5.69 Å². The maximum absolute atomic E-state index is 13.1. The Hall–Kier alpha value is -1.33. The van der Waals surface area contributed by atoms with Crippen LogP contribution in [0.5, 0.6) is 5.75 Å². The molecule has 1 fully saturated rings. The van der Waals surface area contributed by atoms with Crippen molar-refractivity contribution < 1.29 is 9.13 Å². The number of benzene rings is 1. The average Bonchev–Trinajstić information content (AvgIpc) is 2.38. The van der Waals surface area contributed by atoms with Crippen LogP contribution in [0.4, 0.5) is 10.1 Å². The van der Waals surface area contributed by atoms with Crippen LogP contribution in [-0.2, 0) is 0 Å². The molecule has 0 amide bonds. The standard InChI is InChI=1S/C12H18FN3O/c1-17-12-3-2-10(13)8-11(12)15-9-16-6-4-14-5-7-16/h2-3,8,14-15H,4-7,9H2,1H3. The maximum Gasteiger partial charge on any atom is 0.142 e. The molecule has 0 spiro atoms. The third-order valence-electron chi connectivity index (χ3n) is 2.86. The number of halogens is 1. The van der Waals surface area contributed by atoms with Gasteiger partial charge in [0.1, 0.15) is 11.6 Å². The fraction of sp³-hybridized carbons (Fsp3) is 0.500. The Morgan fingerprint density at radius 1 is 1.41 bits per heavy atom. The first-order chi connectivity index (χ1) is 8.29. The van der Waals surface area contributed by atoms with Crippen LogP contribution in [0.2, 0.25) is 0 Å². The number of anilines is 1. The molecule has 4 nitrogen and oxygen atoms in total. The summed E-state index contributed by atoms with van der Waals surface area (Å²) in [5.41, 5.74) is 0.700. The van der Waals surface area contributed by atoms with E-state index in [1.807, 2.05) is 0 Å². The lowest BCUT2D eigenvalue weighted by molar-refractivity contribution is 0.256. The van der Waals surface area contributed by atoms with E-state index in [4.69, 9.17) is 4.74 Å². The third-order valence-corrected chi connectivity index (χ3v) is 2.86. The van der Waals surface area contributed by atoms with E-state index in [-0.39, 0.29) is 5.82 Å². The lowest BCUT2D eigenvalue weighted by Gasteiger charge is -2.27. The molecule has 1 aliphatic heterocycles. The van der Waals surface area contributed by atoms with Gasteiger partial charge in [0.25, 0.3) is 0 Å². The Kier molecular flexibility index (Phi) is 4.17. The van der Waals surface area contributed by atoms with Crippen LogP contribution >= 0.6 is 0 Å². The van der Waals surface area contributed by atoms with E-state index < -0.39 is 0 Å². The summed E-state index contributed by atoms with van der Waals surface area (Å²) in [6.45, 7) is 4.72. The van der Waals surface area contributed by atoms with E-state index >= 15 is 0 Å². The zero-order valence-corrected chi connectivity index (χ0v) is 10.0. The molecule has 1 aromatic rings. The smallest absolute Gasteiger partial charge is 0.142 e. The van der Waals surface area contributed by atoms with Crippen LogP contribution < -0.4 is 15.4 Å². The minimum atomic E-state index is -0.256. The number of ether oxygens (including phenoxy) is 1. The van der Waals surface area contributed by atoms with E-state index in [1.165, 1.54) is 12.1 Å². The van der Waals surface area contributed by atoms with Crippen molar-refractivity contribution in [3.63, 3.8) is 0 Å². The molecule has 0 unspecified atom stereocenters. The highest BCUT2D eigenvalue weighted by Gasteiger charge is 2.10. The summed E-state index contributed by atoms with van der Waals surface area (Å²) in [6, 6.07) is 4.49. The molecule has 1 heterocycles. The lowest BCUT2D eigenvalue weighted by Crippen LogP contribution is -2.45. The van der Waals surface area contributed by atoms with Crippen molar-refractivity contribution in [2.45, 2.75) is 0 Å². The van der Waals surface area contributed by atoms with Crippen molar-refractivity contribution in [3.05, 3.63) is 24.0 Å². The molecular weight excluding hydrogens is 221 g/mol. The first kappa shape index (κ1) is 12.1. The first-order valence-electron chi connectivity index (χ1n) is 5.80. The van der Waals surface area contributed by atoms with E-state index in [0.29, 0.717) is 18.1 Å². The molecular formula is C12H18FN3O. The predicted octanol–water partition coefficient (Wildman–Crippen LogP) is 1.11. The number of hydrogen-bond acceptors (Lipinski definition) is 4. The van der Waals surface area contributed by atoms with Gasteiger partial charge in [0.05, 0.1) is 19.5 Å². The Morgan fingerprint density at radius 2 is 2.18 bits per heavy atom. The fourth-order valence-corrected chi connectivity index (χ4v) is 1.88. The maximum atomic E-state index is 13.1. The van der Waals surface area contributed by atoms with Gasteiger partial charge in [-0.15, -0.1) is 0 Å². The highest BCUT2D eigenvalue weighted by Crippen LogP contribution is 2.24. The molecule has 0 aliphatic carbocycles. The Labute approximate surface area is 101 Å². The van der Waals surface area contributed by atoms with Gasteiger partial charge in [0.15, 0.2) is 0 Å². The lowest BCUT2D eigenvalue weighted by atomic mass is 10.3. The van der Waals surface area contributed by atoms with Crippen molar-refractivity contribution in [2.24, 2.45) is 0 Å². The number of methoxy groups -OCH3 is 1. The van der Waals surface area contributed by atoms with Crippen LogP contribution in [0, 0.1) is 5.82 Å². The van der Waals surface area contributed by atoms with E-state index in [2.05, 4.69) is 15.5 Å². The molecule has 0 saturated carbocycles. The summed E-state index contributed by atoms with van der Waals surface area (Å²) in [7, 11) is 1.59. The van der Waals surface area contributed by atoms with Gasteiger partial charge >= 0.3 is 0 Å². The fourth-order valence-electron chi connectivity index (χ4n) is 1.88. The Bertz CT molecular complexity index is 367. The predicted molar refractivity (Wildman–Crippen MR) is 65.9 cm³/mol. The third kappa shape index (κ3) is 3.31. The second-order valence-electron chi connectivity index (χ2n) is 4.05. The zero-order chi connectivity index (χ0) is 12.1. The second kappa shape index (κ2) is 5.84. The molecule has 0 bridgehead atoms.